The Morgan fingerprint density at radius 2 is 2.00 bits per heavy atom. The van der Waals surface area contributed by atoms with Gasteiger partial charge in [0.25, 0.3) is 0 Å². The summed E-state index contributed by atoms with van der Waals surface area (Å²) >= 11 is 0. The fraction of sp³-hybridized carbons (Fsp3) is 0.619. The molecule has 3 N–H and O–H groups in total. The van der Waals surface area contributed by atoms with Gasteiger partial charge < -0.3 is 15.7 Å². The lowest BCUT2D eigenvalue weighted by Gasteiger charge is -2.33. The average Bonchev–Trinajstić information content (AvgIpc) is 3.12. The van der Waals surface area contributed by atoms with E-state index in [0.29, 0.717) is 18.9 Å². The minimum absolute atomic E-state index is 0.0255. The molecule has 5 heteroatoms. The van der Waals surface area contributed by atoms with Crippen LogP contribution in [-0.2, 0) is 15.0 Å². The first-order chi connectivity index (χ1) is 12.2. The van der Waals surface area contributed by atoms with E-state index in [0.717, 1.165) is 30.5 Å². The van der Waals surface area contributed by atoms with Crippen molar-refractivity contribution in [2.45, 2.75) is 64.3 Å². The van der Waals surface area contributed by atoms with Crippen LogP contribution in [0.4, 0.5) is 0 Å². The highest BCUT2D eigenvalue weighted by molar-refractivity contribution is 5.82. The molecule has 26 heavy (non-hydrogen) atoms. The number of carboxylic acid groups (broad SMARTS) is 1. The smallest absolute Gasteiger partial charge is 0.311 e. The summed E-state index contributed by atoms with van der Waals surface area (Å²) in [6.07, 6.45) is 2.24. The summed E-state index contributed by atoms with van der Waals surface area (Å²) in [4.78, 5) is 24.1. The van der Waals surface area contributed by atoms with Crippen molar-refractivity contribution >= 4 is 11.9 Å². The molecular formula is C21H32N2O3. The van der Waals surface area contributed by atoms with Gasteiger partial charge >= 0.3 is 5.97 Å². The van der Waals surface area contributed by atoms with Crippen LogP contribution in [0.5, 0.6) is 0 Å². The van der Waals surface area contributed by atoms with Gasteiger partial charge in [0.15, 0.2) is 0 Å². The van der Waals surface area contributed by atoms with E-state index in [9.17, 15) is 14.7 Å². The third kappa shape index (κ3) is 4.64. The summed E-state index contributed by atoms with van der Waals surface area (Å²) in [5, 5.41) is 15.9. The first-order valence-electron chi connectivity index (χ1n) is 9.58. The van der Waals surface area contributed by atoms with Crippen molar-refractivity contribution in [3.8, 4) is 0 Å². The zero-order chi connectivity index (χ0) is 19.3. The maximum Gasteiger partial charge on any atom is 0.311 e. The molecule has 1 unspecified atom stereocenters. The molecule has 0 spiro atoms. The van der Waals surface area contributed by atoms with E-state index in [1.165, 1.54) is 0 Å². The number of carboxylic acids is 1. The lowest BCUT2D eigenvalue weighted by molar-refractivity contribution is -0.139. The molecule has 0 saturated carbocycles. The van der Waals surface area contributed by atoms with Gasteiger partial charge in [-0.25, -0.2) is 0 Å². The minimum atomic E-state index is -0.842. The van der Waals surface area contributed by atoms with Gasteiger partial charge in [0.2, 0.25) is 5.91 Å². The van der Waals surface area contributed by atoms with Gasteiger partial charge in [0.1, 0.15) is 0 Å². The van der Waals surface area contributed by atoms with E-state index >= 15 is 0 Å². The summed E-state index contributed by atoms with van der Waals surface area (Å²) in [5.41, 5.74) is 1.81. The lowest BCUT2D eigenvalue weighted by atomic mass is 9.71. The largest absolute Gasteiger partial charge is 0.481 e. The van der Waals surface area contributed by atoms with E-state index in [1.807, 2.05) is 24.3 Å². The number of hydrogen-bond acceptors (Lipinski definition) is 3. The van der Waals surface area contributed by atoms with Gasteiger partial charge in [-0.3, -0.25) is 9.59 Å². The van der Waals surface area contributed by atoms with Crippen LogP contribution < -0.4 is 10.6 Å². The van der Waals surface area contributed by atoms with Crippen molar-refractivity contribution in [2.24, 2.45) is 5.92 Å². The van der Waals surface area contributed by atoms with Gasteiger partial charge in [-0.1, -0.05) is 52.0 Å². The third-order valence-corrected chi connectivity index (χ3v) is 5.88. The number of amides is 1. The Bertz CT molecular complexity index is 634. The Hall–Kier alpha value is -1.88. The number of carbonyl (C=O) groups excluding carboxylic acids is 1. The SMILES string of the molecule is CC(C)C(C)(C)c1ccccc1C(CCNC(=O)[C@@H]1CCCN1)C(=O)O. The average molecular weight is 360 g/mol. The first-order valence-corrected chi connectivity index (χ1v) is 9.58. The number of nitrogens with one attached hydrogen (secondary N) is 2. The molecule has 1 fully saturated rings. The Kier molecular flexibility index (Phi) is 6.81. The van der Waals surface area contributed by atoms with Crippen LogP contribution >= 0.6 is 0 Å². The van der Waals surface area contributed by atoms with E-state index < -0.39 is 11.9 Å². The zero-order valence-corrected chi connectivity index (χ0v) is 16.3. The highest BCUT2D eigenvalue weighted by Crippen LogP contribution is 2.37. The fourth-order valence-corrected chi connectivity index (χ4v) is 3.48. The van der Waals surface area contributed by atoms with Crippen LogP contribution in [0.3, 0.4) is 0 Å². The quantitative estimate of drug-likeness (QED) is 0.666. The van der Waals surface area contributed by atoms with E-state index in [4.69, 9.17) is 0 Å². The summed E-state index contributed by atoms with van der Waals surface area (Å²) in [5.74, 6) is -1.11. The van der Waals surface area contributed by atoms with Crippen LogP contribution in [0.2, 0.25) is 0 Å². The van der Waals surface area contributed by atoms with Crippen molar-refractivity contribution in [1.29, 1.82) is 0 Å². The number of benzene rings is 1. The normalized spacial score (nSPS) is 18.7. The van der Waals surface area contributed by atoms with Crippen molar-refractivity contribution in [1.82, 2.24) is 10.6 Å². The highest BCUT2D eigenvalue weighted by Gasteiger charge is 2.32. The van der Waals surface area contributed by atoms with E-state index in [2.05, 4.69) is 38.3 Å². The molecule has 1 aliphatic heterocycles. The van der Waals surface area contributed by atoms with Crippen LogP contribution in [0.25, 0.3) is 0 Å². The maximum atomic E-state index is 12.1. The second-order valence-electron chi connectivity index (χ2n) is 8.08. The molecule has 5 nitrogen and oxygen atoms in total. The highest BCUT2D eigenvalue weighted by atomic mass is 16.4. The number of hydrogen-bond donors (Lipinski definition) is 3. The Morgan fingerprint density at radius 1 is 1.31 bits per heavy atom. The summed E-state index contributed by atoms with van der Waals surface area (Å²) in [6.45, 7) is 9.85. The molecule has 1 aromatic rings. The second kappa shape index (κ2) is 8.67. The molecule has 0 bridgehead atoms. The monoisotopic (exact) mass is 360 g/mol. The van der Waals surface area contributed by atoms with Crippen LogP contribution in [0.1, 0.15) is 64.0 Å². The predicted octanol–water partition coefficient (Wildman–Crippen LogP) is 3.05. The molecule has 1 saturated heterocycles. The third-order valence-electron chi connectivity index (χ3n) is 5.88. The number of rotatable bonds is 8. The summed E-state index contributed by atoms with van der Waals surface area (Å²) < 4.78 is 0. The van der Waals surface area contributed by atoms with Crippen molar-refractivity contribution in [3.63, 3.8) is 0 Å². The van der Waals surface area contributed by atoms with Crippen LogP contribution in [0.15, 0.2) is 24.3 Å². The van der Waals surface area contributed by atoms with Crippen molar-refractivity contribution in [2.75, 3.05) is 13.1 Å². The van der Waals surface area contributed by atoms with Gasteiger partial charge in [0.05, 0.1) is 12.0 Å². The zero-order valence-electron chi connectivity index (χ0n) is 16.3. The molecule has 2 atom stereocenters. The molecule has 1 aromatic carbocycles. The topological polar surface area (TPSA) is 78.4 Å². The van der Waals surface area contributed by atoms with Gasteiger partial charge in [0, 0.05) is 6.54 Å². The first kappa shape index (κ1) is 20.4. The maximum absolute atomic E-state index is 12.1. The second-order valence-corrected chi connectivity index (χ2v) is 8.08. The van der Waals surface area contributed by atoms with Crippen LogP contribution in [-0.4, -0.2) is 36.1 Å². The standard InChI is InChI=1S/C21H32N2O3/c1-14(2)21(3,4)17-9-6-5-8-15(17)16(20(25)26)11-13-23-19(24)18-10-7-12-22-18/h5-6,8-9,14,16,18,22H,7,10-13H2,1-4H3,(H,23,24)(H,25,26)/t16?,18-/m0/s1. The summed E-state index contributed by atoms with van der Waals surface area (Å²) in [6, 6.07) is 7.68. The fourth-order valence-electron chi connectivity index (χ4n) is 3.48. The number of aliphatic carboxylic acids is 1. The molecule has 0 aliphatic carbocycles. The predicted molar refractivity (Wildman–Crippen MR) is 103 cm³/mol. The van der Waals surface area contributed by atoms with Crippen molar-refractivity contribution < 1.29 is 14.7 Å². The molecule has 144 valence electrons. The van der Waals surface area contributed by atoms with E-state index in [1.54, 1.807) is 0 Å². The molecular weight excluding hydrogens is 328 g/mol. The lowest BCUT2D eigenvalue weighted by Crippen LogP contribution is -2.41. The number of carbonyl (C=O) groups is 2. The van der Waals surface area contributed by atoms with Gasteiger partial charge in [-0.05, 0) is 48.3 Å². The van der Waals surface area contributed by atoms with Crippen LogP contribution in [0, 0.1) is 5.92 Å². The molecule has 1 amide bonds. The Morgan fingerprint density at radius 3 is 2.58 bits per heavy atom. The molecule has 0 aromatic heterocycles. The molecule has 1 heterocycles. The van der Waals surface area contributed by atoms with Gasteiger partial charge in [-0.15, -0.1) is 0 Å². The van der Waals surface area contributed by atoms with Gasteiger partial charge in [-0.2, -0.15) is 0 Å². The molecule has 0 radical (unpaired) electrons. The van der Waals surface area contributed by atoms with E-state index in [-0.39, 0.29) is 17.4 Å². The Labute approximate surface area is 156 Å². The summed E-state index contributed by atoms with van der Waals surface area (Å²) in [7, 11) is 0. The Balaban J connectivity index is 2.12. The molecule has 2 rings (SSSR count). The minimum Gasteiger partial charge on any atom is -0.481 e. The van der Waals surface area contributed by atoms with Crippen molar-refractivity contribution in [3.05, 3.63) is 35.4 Å². The molecule has 1 aliphatic rings.